The molecule has 0 amide bonds. The van der Waals surface area contributed by atoms with Gasteiger partial charge in [0, 0.05) is 12.4 Å². The van der Waals surface area contributed by atoms with Crippen molar-refractivity contribution in [3.8, 4) is 0 Å². The molecule has 0 aliphatic heterocycles. The summed E-state index contributed by atoms with van der Waals surface area (Å²) in [5.74, 6) is 1.02. The number of nitrogens with one attached hydrogen (secondary N) is 1. The molecule has 0 aliphatic carbocycles. The first-order chi connectivity index (χ1) is 8.30. The van der Waals surface area contributed by atoms with Gasteiger partial charge in [0.25, 0.3) is 0 Å². The number of hydrogen-bond acceptors (Lipinski definition) is 2. The SMILES string of the molecule is CCCc1cccc2cc(CC)c(NC)nc12. The van der Waals surface area contributed by atoms with Gasteiger partial charge in [0.05, 0.1) is 5.52 Å². The Morgan fingerprint density at radius 2 is 2.00 bits per heavy atom. The van der Waals surface area contributed by atoms with E-state index in [1.165, 1.54) is 16.5 Å². The summed E-state index contributed by atoms with van der Waals surface area (Å²) in [5.41, 5.74) is 3.79. The molecular formula is C15H20N2. The molecule has 0 radical (unpaired) electrons. The molecule has 1 N–H and O–H groups in total. The van der Waals surface area contributed by atoms with Gasteiger partial charge in [-0.1, -0.05) is 38.5 Å². The van der Waals surface area contributed by atoms with Crippen molar-refractivity contribution in [1.29, 1.82) is 0 Å². The lowest BCUT2D eigenvalue weighted by Gasteiger charge is -2.11. The van der Waals surface area contributed by atoms with Crippen LogP contribution in [0.4, 0.5) is 5.82 Å². The molecule has 1 aromatic heterocycles. The predicted molar refractivity (Wildman–Crippen MR) is 74.7 cm³/mol. The molecule has 0 atom stereocenters. The van der Waals surface area contributed by atoms with Crippen molar-refractivity contribution in [2.75, 3.05) is 12.4 Å². The molecule has 0 aliphatic rings. The lowest BCUT2D eigenvalue weighted by atomic mass is 10.0. The Balaban J connectivity index is 2.64. The van der Waals surface area contributed by atoms with Crippen LogP contribution in [0.25, 0.3) is 10.9 Å². The lowest BCUT2D eigenvalue weighted by Crippen LogP contribution is -2.00. The van der Waals surface area contributed by atoms with Crippen molar-refractivity contribution in [1.82, 2.24) is 4.98 Å². The van der Waals surface area contributed by atoms with E-state index in [0.29, 0.717) is 0 Å². The summed E-state index contributed by atoms with van der Waals surface area (Å²) in [4.78, 5) is 4.77. The minimum Gasteiger partial charge on any atom is -0.373 e. The number of para-hydroxylation sites is 1. The largest absolute Gasteiger partial charge is 0.373 e. The summed E-state index contributed by atoms with van der Waals surface area (Å²) in [5, 5.41) is 4.45. The molecule has 2 aromatic rings. The van der Waals surface area contributed by atoms with Crippen LogP contribution in [0, 0.1) is 0 Å². The normalized spacial score (nSPS) is 10.8. The van der Waals surface area contributed by atoms with E-state index in [1.807, 2.05) is 7.05 Å². The van der Waals surface area contributed by atoms with Gasteiger partial charge in [-0.05, 0) is 30.0 Å². The third-order valence-corrected chi connectivity index (χ3v) is 3.15. The monoisotopic (exact) mass is 228 g/mol. The second-order valence-electron chi connectivity index (χ2n) is 4.34. The smallest absolute Gasteiger partial charge is 0.129 e. The van der Waals surface area contributed by atoms with Crippen LogP contribution in [-0.4, -0.2) is 12.0 Å². The van der Waals surface area contributed by atoms with Crippen molar-refractivity contribution in [3.63, 3.8) is 0 Å². The lowest BCUT2D eigenvalue weighted by molar-refractivity contribution is 0.926. The van der Waals surface area contributed by atoms with E-state index >= 15 is 0 Å². The average molecular weight is 228 g/mol. The maximum absolute atomic E-state index is 4.77. The summed E-state index contributed by atoms with van der Waals surface area (Å²) < 4.78 is 0. The molecule has 0 spiro atoms. The zero-order chi connectivity index (χ0) is 12.3. The van der Waals surface area contributed by atoms with Gasteiger partial charge in [-0.15, -0.1) is 0 Å². The topological polar surface area (TPSA) is 24.9 Å². The first kappa shape index (κ1) is 11.9. The first-order valence-corrected chi connectivity index (χ1v) is 6.39. The third kappa shape index (κ3) is 2.26. The maximum atomic E-state index is 4.77. The van der Waals surface area contributed by atoms with Crippen molar-refractivity contribution in [2.24, 2.45) is 0 Å². The van der Waals surface area contributed by atoms with Gasteiger partial charge in [0.1, 0.15) is 5.82 Å². The van der Waals surface area contributed by atoms with E-state index < -0.39 is 0 Å². The number of fused-ring (bicyclic) bond motifs is 1. The van der Waals surface area contributed by atoms with Gasteiger partial charge in [0.2, 0.25) is 0 Å². The van der Waals surface area contributed by atoms with E-state index in [0.717, 1.165) is 30.6 Å². The minimum atomic E-state index is 1.01. The van der Waals surface area contributed by atoms with Crippen LogP contribution in [0.2, 0.25) is 0 Å². The Bertz CT molecular complexity index is 518. The van der Waals surface area contributed by atoms with Gasteiger partial charge in [-0.2, -0.15) is 0 Å². The molecule has 0 saturated heterocycles. The molecular weight excluding hydrogens is 208 g/mol. The third-order valence-electron chi connectivity index (χ3n) is 3.15. The van der Waals surface area contributed by atoms with Gasteiger partial charge in [-0.25, -0.2) is 4.98 Å². The highest BCUT2D eigenvalue weighted by Crippen LogP contribution is 2.24. The van der Waals surface area contributed by atoms with Crippen molar-refractivity contribution < 1.29 is 0 Å². The quantitative estimate of drug-likeness (QED) is 0.861. The number of aryl methyl sites for hydroxylation is 2. The fraction of sp³-hybridized carbons (Fsp3) is 0.400. The Morgan fingerprint density at radius 1 is 1.18 bits per heavy atom. The van der Waals surface area contributed by atoms with Gasteiger partial charge in [0.15, 0.2) is 0 Å². The summed E-state index contributed by atoms with van der Waals surface area (Å²) in [6, 6.07) is 8.73. The molecule has 2 nitrogen and oxygen atoms in total. The van der Waals surface area contributed by atoms with Crippen molar-refractivity contribution in [2.45, 2.75) is 33.1 Å². The van der Waals surface area contributed by atoms with Crippen LogP contribution < -0.4 is 5.32 Å². The molecule has 1 aromatic carbocycles. The Hall–Kier alpha value is -1.57. The highest BCUT2D eigenvalue weighted by molar-refractivity contribution is 5.84. The van der Waals surface area contributed by atoms with E-state index in [4.69, 9.17) is 4.98 Å². The standard InChI is InChI=1S/C15H20N2/c1-4-7-12-8-6-9-13-10-11(5-2)15(16-3)17-14(12)13/h6,8-10H,4-5,7H2,1-3H3,(H,16,17). The number of hydrogen-bond donors (Lipinski definition) is 1. The molecule has 2 rings (SSSR count). The number of rotatable bonds is 4. The Labute approximate surface area is 103 Å². The number of pyridine rings is 1. The summed E-state index contributed by atoms with van der Waals surface area (Å²) >= 11 is 0. The maximum Gasteiger partial charge on any atom is 0.129 e. The second-order valence-corrected chi connectivity index (χ2v) is 4.34. The molecule has 2 heteroatoms. The number of anilines is 1. The highest BCUT2D eigenvalue weighted by atomic mass is 15.0. The zero-order valence-electron chi connectivity index (χ0n) is 10.9. The average Bonchev–Trinajstić information content (AvgIpc) is 2.38. The van der Waals surface area contributed by atoms with Crippen LogP contribution >= 0.6 is 0 Å². The van der Waals surface area contributed by atoms with Crippen LogP contribution in [0.5, 0.6) is 0 Å². The Kier molecular flexibility index (Phi) is 3.62. The highest BCUT2D eigenvalue weighted by Gasteiger charge is 2.07. The van der Waals surface area contributed by atoms with Crippen molar-refractivity contribution >= 4 is 16.7 Å². The minimum absolute atomic E-state index is 1.01. The second kappa shape index (κ2) is 5.17. The van der Waals surface area contributed by atoms with E-state index in [2.05, 4.69) is 43.4 Å². The summed E-state index contributed by atoms with van der Waals surface area (Å²) in [6.45, 7) is 4.37. The first-order valence-electron chi connectivity index (χ1n) is 6.39. The predicted octanol–water partition coefficient (Wildman–Crippen LogP) is 3.79. The molecule has 0 saturated carbocycles. The van der Waals surface area contributed by atoms with E-state index in [1.54, 1.807) is 0 Å². The Morgan fingerprint density at radius 3 is 2.65 bits per heavy atom. The van der Waals surface area contributed by atoms with E-state index in [9.17, 15) is 0 Å². The molecule has 1 heterocycles. The van der Waals surface area contributed by atoms with Crippen LogP contribution in [-0.2, 0) is 12.8 Å². The number of benzene rings is 1. The number of nitrogens with zero attached hydrogens (tertiary/aromatic N) is 1. The number of aromatic nitrogens is 1. The fourth-order valence-corrected chi connectivity index (χ4v) is 2.26. The molecule has 0 unspecified atom stereocenters. The molecule has 0 fully saturated rings. The van der Waals surface area contributed by atoms with Crippen LogP contribution in [0.15, 0.2) is 24.3 Å². The summed E-state index contributed by atoms with van der Waals surface area (Å²) in [6.07, 6.45) is 3.27. The zero-order valence-corrected chi connectivity index (χ0v) is 10.9. The van der Waals surface area contributed by atoms with Gasteiger partial charge >= 0.3 is 0 Å². The van der Waals surface area contributed by atoms with Crippen molar-refractivity contribution in [3.05, 3.63) is 35.4 Å². The van der Waals surface area contributed by atoms with Gasteiger partial charge < -0.3 is 5.32 Å². The van der Waals surface area contributed by atoms with Crippen LogP contribution in [0.1, 0.15) is 31.4 Å². The molecule has 0 bridgehead atoms. The summed E-state index contributed by atoms with van der Waals surface area (Å²) in [7, 11) is 1.94. The van der Waals surface area contributed by atoms with E-state index in [-0.39, 0.29) is 0 Å². The molecule has 90 valence electrons. The van der Waals surface area contributed by atoms with Crippen LogP contribution in [0.3, 0.4) is 0 Å². The van der Waals surface area contributed by atoms with Gasteiger partial charge in [-0.3, -0.25) is 0 Å². The molecule has 17 heavy (non-hydrogen) atoms. The fourth-order valence-electron chi connectivity index (χ4n) is 2.26.